The molecule has 2 aromatic rings. The van der Waals surface area contributed by atoms with Crippen LogP contribution in [0.3, 0.4) is 0 Å². The largest absolute Gasteiger partial charge is 0.444 e. The Labute approximate surface area is 195 Å². The van der Waals surface area contributed by atoms with Crippen LogP contribution in [-0.4, -0.2) is 47.9 Å². The van der Waals surface area contributed by atoms with E-state index in [2.05, 4.69) is 20.6 Å². The van der Waals surface area contributed by atoms with Gasteiger partial charge in [0.25, 0.3) is 0 Å². The fourth-order valence-electron chi connectivity index (χ4n) is 3.35. The highest BCUT2D eigenvalue weighted by molar-refractivity contribution is 14.0. The van der Waals surface area contributed by atoms with Gasteiger partial charge in [-0.1, -0.05) is 24.6 Å². The smallest absolute Gasteiger partial charge is 0.226 e. The molecule has 1 aromatic carbocycles. The number of oxazole rings is 1. The molecule has 1 aliphatic rings. The van der Waals surface area contributed by atoms with Crippen LogP contribution in [0.4, 0.5) is 0 Å². The molecule has 7 nitrogen and oxygen atoms in total. The molecule has 0 radical (unpaired) electrons. The van der Waals surface area contributed by atoms with Crippen LogP contribution in [-0.2, 0) is 11.3 Å². The SMILES string of the molecule is CCNC(=NCc1coc(-c2ccccc2)n1)NCCCN1CCCCCC1=O.I. The number of benzene rings is 1. The lowest BCUT2D eigenvalue weighted by molar-refractivity contribution is -0.130. The van der Waals surface area contributed by atoms with Gasteiger partial charge in [-0.2, -0.15) is 0 Å². The minimum atomic E-state index is 0. The number of guanidine groups is 1. The molecule has 1 aromatic heterocycles. The molecule has 8 heteroatoms. The second-order valence-corrected chi connectivity index (χ2v) is 7.18. The molecule has 164 valence electrons. The van der Waals surface area contributed by atoms with E-state index in [9.17, 15) is 4.79 Å². The Kier molecular flexibility index (Phi) is 10.7. The van der Waals surface area contributed by atoms with Crippen molar-refractivity contribution in [2.24, 2.45) is 4.99 Å². The number of likely N-dealkylation sites (tertiary alicyclic amines) is 1. The average molecular weight is 525 g/mol. The van der Waals surface area contributed by atoms with Crippen LogP contribution < -0.4 is 10.6 Å². The van der Waals surface area contributed by atoms with Gasteiger partial charge in [-0.15, -0.1) is 24.0 Å². The summed E-state index contributed by atoms with van der Waals surface area (Å²) in [6.45, 7) is 5.72. The number of carbonyl (C=O) groups is 1. The number of hydrogen-bond donors (Lipinski definition) is 2. The maximum atomic E-state index is 12.1. The van der Waals surface area contributed by atoms with E-state index >= 15 is 0 Å². The quantitative estimate of drug-likeness (QED) is 0.237. The number of rotatable bonds is 8. The zero-order valence-corrected chi connectivity index (χ0v) is 19.9. The topological polar surface area (TPSA) is 82.8 Å². The van der Waals surface area contributed by atoms with E-state index in [0.29, 0.717) is 24.8 Å². The number of aromatic nitrogens is 1. The zero-order chi connectivity index (χ0) is 20.3. The molecule has 0 spiro atoms. The first-order chi connectivity index (χ1) is 14.3. The van der Waals surface area contributed by atoms with Crippen LogP contribution >= 0.6 is 24.0 Å². The predicted octanol–water partition coefficient (Wildman–Crippen LogP) is 3.81. The normalized spacial score (nSPS) is 14.8. The first kappa shape index (κ1) is 24.2. The Morgan fingerprint density at radius 3 is 2.83 bits per heavy atom. The molecular formula is C22H32IN5O2. The molecule has 0 aliphatic carbocycles. The summed E-state index contributed by atoms with van der Waals surface area (Å²) >= 11 is 0. The molecule has 0 atom stereocenters. The molecule has 2 N–H and O–H groups in total. The maximum Gasteiger partial charge on any atom is 0.226 e. The van der Waals surface area contributed by atoms with Crippen molar-refractivity contribution in [1.29, 1.82) is 0 Å². The minimum absolute atomic E-state index is 0. The predicted molar refractivity (Wildman–Crippen MR) is 130 cm³/mol. The van der Waals surface area contributed by atoms with E-state index in [0.717, 1.165) is 69.1 Å². The van der Waals surface area contributed by atoms with Crippen molar-refractivity contribution in [3.8, 4) is 11.5 Å². The van der Waals surface area contributed by atoms with E-state index in [1.807, 2.05) is 42.2 Å². The molecule has 1 fully saturated rings. The van der Waals surface area contributed by atoms with E-state index in [-0.39, 0.29) is 24.0 Å². The second kappa shape index (κ2) is 13.3. The number of carbonyl (C=O) groups excluding carboxylic acids is 1. The van der Waals surface area contributed by atoms with Gasteiger partial charge in [-0.25, -0.2) is 9.98 Å². The van der Waals surface area contributed by atoms with Crippen LogP contribution in [0.25, 0.3) is 11.5 Å². The first-order valence-electron chi connectivity index (χ1n) is 10.6. The van der Waals surface area contributed by atoms with Gasteiger partial charge in [0.15, 0.2) is 5.96 Å². The fourth-order valence-corrected chi connectivity index (χ4v) is 3.35. The maximum absolute atomic E-state index is 12.1. The van der Waals surface area contributed by atoms with Crippen molar-refractivity contribution in [3.05, 3.63) is 42.3 Å². The third-order valence-corrected chi connectivity index (χ3v) is 4.88. The van der Waals surface area contributed by atoms with Crippen molar-refractivity contribution < 1.29 is 9.21 Å². The number of amides is 1. The Hall–Kier alpha value is -2.10. The van der Waals surface area contributed by atoms with E-state index in [1.165, 1.54) is 0 Å². The highest BCUT2D eigenvalue weighted by Gasteiger charge is 2.15. The lowest BCUT2D eigenvalue weighted by Gasteiger charge is -2.20. The molecule has 30 heavy (non-hydrogen) atoms. The zero-order valence-electron chi connectivity index (χ0n) is 17.6. The van der Waals surface area contributed by atoms with E-state index in [1.54, 1.807) is 6.26 Å². The van der Waals surface area contributed by atoms with Gasteiger partial charge in [-0.3, -0.25) is 4.79 Å². The van der Waals surface area contributed by atoms with Crippen molar-refractivity contribution in [1.82, 2.24) is 20.5 Å². The highest BCUT2D eigenvalue weighted by Crippen LogP contribution is 2.18. The lowest BCUT2D eigenvalue weighted by Crippen LogP contribution is -2.39. The summed E-state index contributed by atoms with van der Waals surface area (Å²) in [5, 5.41) is 6.59. The third kappa shape index (κ3) is 7.62. The minimum Gasteiger partial charge on any atom is -0.444 e. The number of aliphatic imine (C=N–C) groups is 1. The molecular weight excluding hydrogens is 493 g/mol. The molecule has 1 saturated heterocycles. The van der Waals surface area contributed by atoms with Gasteiger partial charge in [0, 0.05) is 38.2 Å². The first-order valence-corrected chi connectivity index (χ1v) is 10.6. The average Bonchev–Trinajstić information content (AvgIpc) is 3.13. The summed E-state index contributed by atoms with van der Waals surface area (Å²) in [5.74, 6) is 1.65. The summed E-state index contributed by atoms with van der Waals surface area (Å²) in [4.78, 5) is 23.2. The summed E-state index contributed by atoms with van der Waals surface area (Å²) in [6, 6.07) is 9.83. The van der Waals surface area contributed by atoms with Crippen LogP contribution in [0.2, 0.25) is 0 Å². The Morgan fingerprint density at radius 2 is 2.03 bits per heavy atom. The van der Waals surface area contributed by atoms with Crippen molar-refractivity contribution >= 4 is 35.8 Å². The van der Waals surface area contributed by atoms with Gasteiger partial charge in [0.1, 0.15) is 12.0 Å². The van der Waals surface area contributed by atoms with Gasteiger partial charge in [0.2, 0.25) is 11.8 Å². The molecule has 0 unspecified atom stereocenters. The molecule has 2 heterocycles. The number of hydrogen-bond acceptors (Lipinski definition) is 4. The second-order valence-electron chi connectivity index (χ2n) is 7.18. The van der Waals surface area contributed by atoms with Crippen molar-refractivity contribution in [3.63, 3.8) is 0 Å². The van der Waals surface area contributed by atoms with Gasteiger partial charge < -0.3 is 20.0 Å². The van der Waals surface area contributed by atoms with Crippen molar-refractivity contribution in [2.45, 2.75) is 45.6 Å². The van der Waals surface area contributed by atoms with Crippen LogP contribution in [0.15, 0.2) is 46.0 Å². The van der Waals surface area contributed by atoms with Crippen molar-refractivity contribution in [2.75, 3.05) is 26.2 Å². The van der Waals surface area contributed by atoms with Crippen LogP contribution in [0, 0.1) is 0 Å². The van der Waals surface area contributed by atoms with Gasteiger partial charge >= 0.3 is 0 Å². The third-order valence-electron chi connectivity index (χ3n) is 4.88. The number of nitrogens with zero attached hydrogens (tertiary/aromatic N) is 3. The Bertz CT molecular complexity index is 794. The Balaban J connectivity index is 0.00000320. The number of halogens is 1. The van der Waals surface area contributed by atoms with Crippen LogP contribution in [0.5, 0.6) is 0 Å². The van der Waals surface area contributed by atoms with E-state index in [4.69, 9.17) is 4.42 Å². The molecule has 1 aliphatic heterocycles. The lowest BCUT2D eigenvalue weighted by atomic mass is 10.2. The summed E-state index contributed by atoms with van der Waals surface area (Å²) in [6.07, 6.45) is 6.55. The molecule has 0 saturated carbocycles. The van der Waals surface area contributed by atoms with Crippen LogP contribution in [0.1, 0.15) is 44.7 Å². The fraction of sp³-hybridized carbons (Fsp3) is 0.500. The molecule has 3 rings (SSSR count). The highest BCUT2D eigenvalue weighted by atomic mass is 127. The summed E-state index contributed by atoms with van der Waals surface area (Å²) in [7, 11) is 0. The molecule has 0 bridgehead atoms. The Morgan fingerprint density at radius 1 is 1.20 bits per heavy atom. The van der Waals surface area contributed by atoms with Gasteiger partial charge in [-0.05, 0) is 38.3 Å². The summed E-state index contributed by atoms with van der Waals surface area (Å²) in [5.41, 5.74) is 1.74. The molecule has 1 amide bonds. The van der Waals surface area contributed by atoms with E-state index < -0.39 is 0 Å². The monoisotopic (exact) mass is 525 g/mol. The summed E-state index contributed by atoms with van der Waals surface area (Å²) < 4.78 is 5.57. The van der Waals surface area contributed by atoms with Gasteiger partial charge in [0.05, 0.1) is 6.54 Å². The standard InChI is InChI=1S/C22H31N5O2.HI/c1-2-23-22(24-13-9-15-27-14-8-4-7-12-20(27)28)25-16-19-17-29-21(26-19)18-10-5-3-6-11-18;/h3,5-6,10-11,17H,2,4,7-9,12-16H2,1H3,(H2,23,24,25);1H. The number of nitrogens with one attached hydrogen (secondary N) is 2.